The molecule has 172 valence electrons. The lowest BCUT2D eigenvalue weighted by atomic mass is 10.00. The summed E-state index contributed by atoms with van der Waals surface area (Å²) in [6.07, 6.45) is 6.86. The minimum absolute atomic E-state index is 0.0549. The van der Waals surface area contributed by atoms with Gasteiger partial charge in [-0.3, -0.25) is 9.48 Å². The zero-order chi connectivity index (χ0) is 23.5. The minimum Gasteiger partial charge on any atom is -0.478 e. The van der Waals surface area contributed by atoms with E-state index in [1.165, 1.54) is 6.07 Å². The van der Waals surface area contributed by atoms with E-state index in [0.717, 1.165) is 18.4 Å². The van der Waals surface area contributed by atoms with Crippen LogP contribution in [0.1, 0.15) is 45.2 Å². The standard InChI is InChI=1S/C26H24N4O4/c31-25(29-11-7-21(8-12-29)30-10-4-9-28-30)19-13-20-16-27-24(15-22(20)23(14-19)26(32)33)34-17-18-5-2-1-3-6-18/h1-6,9-10,13-16,21H,7-8,11-12,17H2,(H,32,33). The summed E-state index contributed by atoms with van der Waals surface area (Å²) >= 11 is 0. The van der Waals surface area contributed by atoms with Crippen LogP contribution in [0.5, 0.6) is 5.88 Å². The number of rotatable bonds is 6. The normalized spacial score (nSPS) is 14.3. The van der Waals surface area contributed by atoms with E-state index in [1.54, 1.807) is 29.4 Å². The van der Waals surface area contributed by atoms with Crippen LogP contribution in [0.15, 0.2) is 73.2 Å². The molecule has 1 aliphatic rings. The van der Waals surface area contributed by atoms with Gasteiger partial charge in [0.1, 0.15) is 6.61 Å². The molecule has 1 fully saturated rings. The molecule has 3 heterocycles. The summed E-state index contributed by atoms with van der Waals surface area (Å²) in [7, 11) is 0. The Bertz CT molecular complexity index is 1310. The number of nitrogens with zero attached hydrogens (tertiary/aromatic N) is 4. The Balaban J connectivity index is 1.36. The van der Waals surface area contributed by atoms with Crippen molar-refractivity contribution in [2.45, 2.75) is 25.5 Å². The van der Waals surface area contributed by atoms with Crippen LogP contribution in [0, 0.1) is 0 Å². The third-order valence-electron chi connectivity index (χ3n) is 6.17. The molecular weight excluding hydrogens is 432 g/mol. The maximum atomic E-state index is 13.2. The fraction of sp³-hybridized carbons (Fsp3) is 0.231. The average molecular weight is 457 g/mol. The molecule has 0 saturated carbocycles. The summed E-state index contributed by atoms with van der Waals surface area (Å²) in [5, 5.41) is 15.2. The zero-order valence-electron chi connectivity index (χ0n) is 18.5. The molecule has 1 saturated heterocycles. The number of ether oxygens (including phenoxy) is 1. The molecule has 4 aromatic rings. The van der Waals surface area contributed by atoms with Crippen molar-refractivity contribution in [2.24, 2.45) is 0 Å². The first-order valence-electron chi connectivity index (χ1n) is 11.2. The van der Waals surface area contributed by atoms with Crippen molar-refractivity contribution in [3.05, 3.63) is 89.9 Å². The van der Waals surface area contributed by atoms with Gasteiger partial charge in [0, 0.05) is 54.1 Å². The number of hydrogen-bond donors (Lipinski definition) is 1. The molecule has 34 heavy (non-hydrogen) atoms. The van der Waals surface area contributed by atoms with Gasteiger partial charge in [-0.1, -0.05) is 30.3 Å². The maximum Gasteiger partial charge on any atom is 0.336 e. The van der Waals surface area contributed by atoms with Crippen molar-refractivity contribution in [1.82, 2.24) is 19.7 Å². The number of amides is 1. The van der Waals surface area contributed by atoms with Gasteiger partial charge < -0.3 is 14.7 Å². The number of aromatic nitrogens is 3. The lowest BCUT2D eigenvalue weighted by Gasteiger charge is -2.32. The van der Waals surface area contributed by atoms with E-state index < -0.39 is 5.97 Å². The Labute approximate surface area is 196 Å². The number of carbonyl (C=O) groups is 2. The third kappa shape index (κ3) is 4.47. The molecular formula is C26H24N4O4. The van der Waals surface area contributed by atoms with Gasteiger partial charge in [0.15, 0.2) is 0 Å². The summed E-state index contributed by atoms with van der Waals surface area (Å²) in [4.78, 5) is 31.3. The van der Waals surface area contributed by atoms with Crippen LogP contribution in [0.2, 0.25) is 0 Å². The molecule has 2 aromatic heterocycles. The first-order valence-corrected chi connectivity index (χ1v) is 11.2. The van der Waals surface area contributed by atoms with Gasteiger partial charge in [0.25, 0.3) is 5.91 Å². The second-order valence-corrected chi connectivity index (χ2v) is 8.36. The van der Waals surface area contributed by atoms with Crippen LogP contribution in [-0.2, 0) is 6.61 Å². The number of carboxylic acids is 1. The number of carboxylic acid groups (broad SMARTS) is 1. The number of likely N-dealkylation sites (tertiary alicyclic amines) is 1. The number of carbonyl (C=O) groups excluding carboxylic acids is 1. The van der Waals surface area contributed by atoms with Crippen molar-refractivity contribution in [3.8, 4) is 5.88 Å². The van der Waals surface area contributed by atoms with Crippen molar-refractivity contribution in [1.29, 1.82) is 0 Å². The van der Waals surface area contributed by atoms with Crippen molar-refractivity contribution in [2.75, 3.05) is 13.1 Å². The van der Waals surface area contributed by atoms with Gasteiger partial charge in [-0.15, -0.1) is 0 Å². The fourth-order valence-corrected chi connectivity index (χ4v) is 4.36. The lowest BCUT2D eigenvalue weighted by Crippen LogP contribution is -2.39. The predicted octanol–water partition coefficient (Wildman–Crippen LogP) is 4.19. The molecule has 1 aliphatic heterocycles. The van der Waals surface area contributed by atoms with Gasteiger partial charge >= 0.3 is 5.97 Å². The van der Waals surface area contributed by atoms with E-state index >= 15 is 0 Å². The summed E-state index contributed by atoms with van der Waals surface area (Å²) in [5.41, 5.74) is 1.39. The summed E-state index contributed by atoms with van der Waals surface area (Å²) < 4.78 is 7.70. The largest absolute Gasteiger partial charge is 0.478 e. The highest BCUT2D eigenvalue weighted by Crippen LogP contribution is 2.27. The Hall–Kier alpha value is -4.20. The molecule has 1 N–H and O–H groups in total. The molecule has 0 spiro atoms. The Morgan fingerprint density at radius 1 is 1.06 bits per heavy atom. The lowest BCUT2D eigenvalue weighted by molar-refractivity contribution is 0.0690. The van der Waals surface area contributed by atoms with Crippen LogP contribution < -0.4 is 4.74 Å². The molecule has 0 bridgehead atoms. The third-order valence-corrected chi connectivity index (χ3v) is 6.17. The number of pyridine rings is 1. The monoisotopic (exact) mass is 456 g/mol. The molecule has 8 heteroatoms. The molecule has 0 unspecified atom stereocenters. The van der Waals surface area contributed by atoms with Crippen molar-refractivity contribution in [3.63, 3.8) is 0 Å². The smallest absolute Gasteiger partial charge is 0.336 e. The Morgan fingerprint density at radius 2 is 1.85 bits per heavy atom. The minimum atomic E-state index is -1.10. The van der Waals surface area contributed by atoms with E-state index in [9.17, 15) is 14.7 Å². The topological polar surface area (TPSA) is 97.6 Å². The number of fused-ring (bicyclic) bond motifs is 1. The first-order chi connectivity index (χ1) is 16.6. The number of benzene rings is 2. The molecule has 0 radical (unpaired) electrons. The molecule has 1 amide bonds. The first kappa shape index (κ1) is 21.6. The van der Waals surface area contributed by atoms with E-state index in [-0.39, 0.29) is 17.5 Å². The highest BCUT2D eigenvalue weighted by molar-refractivity contribution is 6.08. The highest BCUT2D eigenvalue weighted by Gasteiger charge is 2.26. The summed E-state index contributed by atoms with van der Waals surface area (Å²) in [6.45, 7) is 1.51. The van der Waals surface area contributed by atoms with E-state index in [4.69, 9.17) is 4.74 Å². The molecule has 8 nitrogen and oxygen atoms in total. The van der Waals surface area contributed by atoms with Crippen LogP contribution in [0.4, 0.5) is 0 Å². The van der Waals surface area contributed by atoms with Crippen molar-refractivity contribution >= 4 is 22.6 Å². The van der Waals surface area contributed by atoms with Crippen LogP contribution in [-0.4, -0.2) is 49.7 Å². The average Bonchev–Trinajstić information content (AvgIpc) is 3.42. The predicted molar refractivity (Wildman–Crippen MR) is 126 cm³/mol. The van der Waals surface area contributed by atoms with Gasteiger partial charge in [-0.05, 0) is 36.6 Å². The molecule has 5 rings (SSSR count). The number of hydrogen-bond acceptors (Lipinski definition) is 5. The van der Waals surface area contributed by atoms with E-state index in [2.05, 4.69) is 10.1 Å². The van der Waals surface area contributed by atoms with E-state index in [0.29, 0.717) is 41.9 Å². The molecule has 2 aromatic carbocycles. The van der Waals surface area contributed by atoms with Crippen LogP contribution in [0.3, 0.4) is 0 Å². The second kappa shape index (κ2) is 9.35. The fourth-order valence-electron chi connectivity index (χ4n) is 4.36. The second-order valence-electron chi connectivity index (χ2n) is 8.36. The maximum absolute atomic E-state index is 13.2. The van der Waals surface area contributed by atoms with Gasteiger partial charge in [-0.2, -0.15) is 5.10 Å². The van der Waals surface area contributed by atoms with Crippen LogP contribution >= 0.6 is 0 Å². The Kier molecular flexibility index (Phi) is 5.95. The number of aromatic carboxylic acids is 1. The summed E-state index contributed by atoms with van der Waals surface area (Å²) in [5.74, 6) is -0.941. The van der Waals surface area contributed by atoms with Crippen LogP contribution in [0.25, 0.3) is 10.8 Å². The van der Waals surface area contributed by atoms with Gasteiger partial charge in [-0.25, -0.2) is 9.78 Å². The SMILES string of the molecule is O=C(O)c1cc(C(=O)N2CCC(n3cccn3)CC2)cc2cnc(OCc3ccccc3)cc12. The van der Waals surface area contributed by atoms with Crippen molar-refractivity contribution < 1.29 is 19.4 Å². The quantitative estimate of drug-likeness (QED) is 0.467. The molecule has 0 aliphatic carbocycles. The summed E-state index contributed by atoms with van der Waals surface area (Å²) in [6, 6.07) is 16.6. The Morgan fingerprint density at radius 3 is 2.56 bits per heavy atom. The van der Waals surface area contributed by atoms with Gasteiger partial charge in [0.2, 0.25) is 5.88 Å². The number of piperidine rings is 1. The highest BCUT2D eigenvalue weighted by atomic mass is 16.5. The zero-order valence-corrected chi connectivity index (χ0v) is 18.5. The van der Waals surface area contributed by atoms with Gasteiger partial charge in [0.05, 0.1) is 11.6 Å². The van der Waals surface area contributed by atoms with E-state index in [1.807, 2.05) is 47.3 Å². The molecule has 0 atom stereocenters.